The molecule has 0 aliphatic heterocycles. The van der Waals surface area contributed by atoms with Gasteiger partial charge >= 0.3 is 0 Å². The van der Waals surface area contributed by atoms with Gasteiger partial charge in [0.25, 0.3) is 0 Å². The van der Waals surface area contributed by atoms with Crippen molar-refractivity contribution in [3.05, 3.63) is 12.2 Å². The minimum atomic E-state index is 0.659. The van der Waals surface area contributed by atoms with Crippen LogP contribution in [-0.2, 0) is 0 Å². The van der Waals surface area contributed by atoms with Crippen LogP contribution in [0.15, 0.2) is 12.2 Å². The van der Waals surface area contributed by atoms with E-state index < -0.39 is 0 Å². The number of rotatable bonds is 14. The maximum Gasteiger partial charge on any atom is 0.0104 e. The molecule has 0 aliphatic carbocycles. The largest absolute Gasteiger partial charge is 0.314 e. The zero-order valence-corrected chi connectivity index (χ0v) is 13.8. The van der Waals surface area contributed by atoms with Crippen molar-refractivity contribution in [2.75, 3.05) is 6.54 Å². The summed E-state index contributed by atoms with van der Waals surface area (Å²) in [5, 5.41) is 3.58. The van der Waals surface area contributed by atoms with E-state index >= 15 is 0 Å². The topological polar surface area (TPSA) is 12.0 Å². The van der Waals surface area contributed by atoms with Gasteiger partial charge in [-0.15, -0.1) is 6.58 Å². The third-order valence-electron chi connectivity index (χ3n) is 3.74. The van der Waals surface area contributed by atoms with Gasteiger partial charge < -0.3 is 5.32 Å². The molecule has 0 bridgehead atoms. The van der Waals surface area contributed by atoms with Gasteiger partial charge in [0.15, 0.2) is 0 Å². The SMILES string of the molecule is C=C(C)CC(CCCCCCCCCCC)NCC. The molecule has 0 heterocycles. The molecule has 0 rings (SSSR count). The van der Waals surface area contributed by atoms with E-state index in [1.165, 1.54) is 69.8 Å². The van der Waals surface area contributed by atoms with Crippen LogP contribution < -0.4 is 5.32 Å². The van der Waals surface area contributed by atoms with Crippen LogP contribution in [-0.4, -0.2) is 12.6 Å². The summed E-state index contributed by atoms with van der Waals surface area (Å²) >= 11 is 0. The van der Waals surface area contributed by atoms with E-state index in [0.717, 1.165) is 13.0 Å². The second-order valence-corrected chi connectivity index (χ2v) is 6.03. The lowest BCUT2D eigenvalue weighted by atomic mass is 10.0. The highest BCUT2D eigenvalue weighted by Gasteiger charge is 2.06. The van der Waals surface area contributed by atoms with Crippen molar-refractivity contribution in [2.24, 2.45) is 0 Å². The van der Waals surface area contributed by atoms with Gasteiger partial charge in [0.05, 0.1) is 0 Å². The molecule has 114 valence electrons. The molecule has 1 heteroatoms. The normalized spacial score (nSPS) is 12.6. The molecule has 0 saturated heterocycles. The van der Waals surface area contributed by atoms with Gasteiger partial charge in [-0.25, -0.2) is 0 Å². The number of hydrogen-bond acceptors (Lipinski definition) is 1. The Hall–Kier alpha value is -0.300. The summed E-state index contributed by atoms with van der Waals surface area (Å²) in [6.45, 7) is 11.7. The Bertz CT molecular complexity index is 198. The fraction of sp³-hybridized carbons (Fsp3) is 0.889. The van der Waals surface area contributed by atoms with Gasteiger partial charge in [-0.3, -0.25) is 0 Å². The third kappa shape index (κ3) is 13.9. The lowest BCUT2D eigenvalue weighted by Crippen LogP contribution is -2.28. The summed E-state index contributed by atoms with van der Waals surface area (Å²) in [6, 6.07) is 0.659. The molecule has 0 spiro atoms. The number of nitrogens with one attached hydrogen (secondary N) is 1. The summed E-state index contributed by atoms with van der Waals surface area (Å²) in [5.74, 6) is 0. The van der Waals surface area contributed by atoms with Crippen LogP contribution in [0.25, 0.3) is 0 Å². The summed E-state index contributed by atoms with van der Waals surface area (Å²) in [4.78, 5) is 0. The van der Waals surface area contributed by atoms with Crippen molar-refractivity contribution in [1.82, 2.24) is 5.32 Å². The highest BCUT2D eigenvalue weighted by atomic mass is 14.9. The smallest absolute Gasteiger partial charge is 0.0104 e. The summed E-state index contributed by atoms with van der Waals surface area (Å²) in [6.07, 6.45) is 15.2. The number of hydrogen-bond donors (Lipinski definition) is 1. The maximum absolute atomic E-state index is 4.03. The Balaban J connectivity index is 3.36. The summed E-state index contributed by atoms with van der Waals surface area (Å²) in [5.41, 5.74) is 1.31. The van der Waals surface area contributed by atoms with Crippen molar-refractivity contribution in [1.29, 1.82) is 0 Å². The number of unbranched alkanes of at least 4 members (excludes halogenated alkanes) is 8. The highest BCUT2D eigenvalue weighted by molar-refractivity contribution is 4.92. The molecule has 19 heavy (non-hydrogen) atoms. The van der Waals surface area contributed by atoms with Gasteiger partial charge in [-0.2, -0.15) is 0 Å². The van der Waals surface area contributed by atoms with E-state index in [0.29, 0.717) is 6.04 Å². The Morgan fingerprint density at radius 1 is 0.895 bits per heavy atom. The Morgan fingerprint density at radius 3 is 1.89 bits per heavy atom. The van der Waals surface area contributed by atoms with Crippen molar-refractivity contribution in [2.45, 2.75) is 97.4 Å². The molecule has 0 amide bonds. The van der Waals surface area contributed by atoms with Crippen molar-refractivity contribution in [3.8, 4) is 0 Å². The van der Waals surface area contributed by atoms with Crippen molar-refractivity contribution >= 4 is 0 Å². The fourth-order valence-corrected chi connectivity index (χ4v) is 2.69. The molecule has 0 aromatic heterocycles. The molecule has 1 N–H and O–H groups in total. The first-order chi connectivity index (χ1) is 9.20. The zero-order chi connectivity index (χ0) is 14.3. The third-order valence-corrected chi connectivity index (χ3v) is 3.74. The molecule has 1 atom stereocenters. The molecule has 0 radical (unpaired) electrons. The van der Waals surface area contributed by atoms with Crippen LogP contribution >= 0.6 is 0 Å². The van der Waals surface area contributed by atoms with Gasteiger partial charge in [-0.1, -0.05) is 77.2 Å². The zero-order valence-electron chi connectivity index (χ0n) is 13.8. The van der Waals surface area contributed by atoms with Crippen LogP contribution in [0.1, 0.15) is 91.4 Å². The minimum Gasteiger partial charge on any atom is -0.314 e. The molecule has 0 saturated carbocycles. The average molecular weight is 268 g/mol. The molecule has 0 aromatic rings. The van der Waals surface area contributed by atoms with E-state index in [1.54, 1.807) is 0 Å². The predicted octanol–water partition coefficient (Wildman–Crippen LogP) is 5.85. The van der Waals surface area contributed by atoms with Crippen LogP contribution in [0.2, 0.25) is 0 Å². The van der Waals surface area contributed by atoms with E-state index in [-0.39, 0.29) is 0 Å². The van der Waals surface area contributed by atoms with E-state index in [9.17, 15) is 0 Å². The van der Waals surface area contributed by atoms with Gasteiger partial charge in [0.2, 0.25) is 0 Å². The molecular weight excluding hydrogens is 230 g/mol. The molecule has 0 aliphatic rings. The standard InChI is InChI=1S/C18H37N/c1-5-7-8-9-10-11-12-13-14-15-18(19-6-2)16-17(3)4/h18-19H,3,5-16H2,1-2,4H3. The van der Waals surface area contributed by atoms with Crippen molar-refractivity contribution < 1.29 is 0 Å². The molecule has 0 aromatic carbocycles. The first-order valence-corrected chi connectivity index (χ1v) is 8.58. The Kier molecular flexibility index (Phi) is 13.9. The fourth-order valence-electron chi connectivity index (χ4n) is 2.69. The second kappa shape index (κ2) is 14.1. The second-order valence-electron chi connectivity index (χ2n) is 6.03. The molecule has 1 nitrogen and oxygen atoms in total. The van der Waals surface area contributed by atoms with Crippen LogP contribution in [0.5, 0.6) is 0 Å². The van der Waals surface area contributed by atoms with Crippen LogP contribution in [0.3, 0.4) is 0 Å². The van der Waals surface area contributed by atoms with Crippen molar-refractivity contribution in [3.63, 3.8) is 0 Å². The van der Waals surface area contributed by atoms with Crippen LogP contribution in [0, 0.1) is 0 Å². The summed E-state index contributed by atoms with van der Waals surface area (Å²) in [7, 11) is 0. The quantitative estimate of drug-likeness (QED) is 0.307. The molecule has 0 fully saturated rings. The van der Waals surface area contributed by atoms with Gasteiger partial charge in [-0.05, 0) is 26.3 Å². The molecular formula is C18H37N. The van der Waals surface area contributed by atoms with E-state index in [2.05, 4.69) is 32.7 Å². The average Bonchev–Trinajstić information content (AvgIpc) is 2.36. The summed E-state index contributed by atoms with van der Waals surface area (Å²) < 4.78 is 0. The Labute approximate surface area is 122 Å². The first kappa shape index (κ1) is 18.7. The van der Waals surface area contributed by atoms with Crippen LogP contribution in [0.4, 0.5) is 0 Å². The van der Waals surface area contributed by atoms with Gasteiger partial charge in [0, 0.05) is 6.04 Å². The van der Waals surface area contributed by atoms with E-state index in [4.69, 9.17) is 0 Å². The highest BCUT2D eigenvalue weighted by Crippen LogP contribution is 2.13. The van der Waals surface area contributed by atoms with Gasteiger partial charge in [0.1, 0.15) is 0 Å². The molecule has 1 unspecified atom stereocenters. The maximum atomic E-state index is 4.03. The first-order valence-electron chi connectivity index (χ1n) is 8.58. The minimum absolute atomic E-state index is 0.659. The van der Waals surface area contributed by atoms with E-state index in [1.807, 2.05) is 0 Å². The monoisotopic (exact) mass is 267 g/mol. The predicted molar refractivity (Wildman–Crippen MR) is 88.7 cm³/mol. The Morgan fingerprint density at radius 2 is 1.42 bits per heavy atom. The lowest BCUT2D eigenvalue weighted by Gasteiger charge is -2.17. The lowest BCUT2D eigenvalue weighted by molar-refractivity contribution is 0.457.